The van der Waals surface area contributed by atoms with Gasteiger partial charge in [-0.2, -0.15) is 0 Å². The van der Waals surface area contributed by atoms with Crippen molar-refractivity contribution in [3.63, 3.8) is 0 Å². The van der Waals surface area contributed by atoms with E-state index in [-0.39, 0.29) is 11.8 Å². The first-order chi connectivity index (χ1) is 16.3. The number of carbonyl (C=O) groups is 1. The van der Waals surface area contributed by atoms with Crippen molar-refractivity contribution in [2.24, 2.45) is 4.99 Å². The number of unbranched alkanes of at least 4 members (excludes halogenated alkanes) is 1. The second-order valence-electron chi connectivity index (χ2n) is 8.45. The summed E-state index contributed by atoms with van der Waals surface area (Å²) in [5, 5.41) is 6.25. The zero-order valence-electron chi connectivity index (χ0n) is 20.1. The van der Waals surface area contributed by atoms with Gasteiger partial charge in [0.2, 0.25) is 5.91 Å². The highest BCUT2D eigenvalue weighted by Gasteiger charge is 2.17. The van der Waals surface area contributed by atoms with Gasteiger partial charge in [-0.3, -0.25) is 9.79 Å². The Hall–Kier alpha value is -2.91. The second-order valence-corrected chi connectivity index (χ2v) is 10.4. The lowest BCUT2D eigenvalue weighted by Crippen LogP contribution is -2.27. The van der Waals surface area contributed by atoms with Crippen LogP contribution >= 0.6 is 0 Å². The maximum absolute atomic E-state index is 12.6. The van der Waals surface area contributed by atoms with Crippen molar-refractivity contribution in [2.75, 3.05) is 39.7 Å². The van der Waals surface area contributed by atoms with Crippen LogP contribution in [0.2, 0.25) is 0 Å². The molecule has 2 aromatic carbocycles. The third-order valence-corrected chi connectivity index (χ3v) is 7.46. The first-order valence-electron chi connectivity index (χ1n) is 11.5. The molecule has 0 saturated carbocycles. The summed E-state index contributed by atoms with van der Waals surface area (Å²) in [6.45, 7) is 4.53. The predicted octanol–water partition coefficient (Wildman–Crippen LogP) is 2.50. The van der Waals surface area contributed by atoms with Gasteiger partial charge in [0.25, 0.3) is 0 Å². The van der Waals surface area contributed by atoms with Gasteiger partial charge in [-0.1, -0.05) is 24.3 Å². The SMILES string of the molecule is COc1ccc(S(=O)(=O)CNCCCCC(=O)N(C)Cc2ccc(C3=NCCN3)cc2)c(C)c1. The number of aliphatic imine (C=N–C) groups is 1. The molecule has 0 saturated heterocycles. The first kappa shape index (κ1) is 25.7. The monoisotopic (exact) mass is 486 g/mol. The zero-order valence-corrected chi connectivity index (χ0v) is 21.0. The highest BCUT2D eigenvalue weighted by atomic mass is 32.2. The standard InChI is InChI=1S/C25H34N4O4S/c1-19-16-22(33-3)11-12-23(19)34(31,32)18-26-13-5-4-6-24(30)29(2)17-20-7-9-21(10-8-20)25-27-14-15-28-25/h7-12,16,26H,4-6,13-15,17-18H2,1-3H3,(H,27,28). The lowest BCUT2D eigenvalue weighted by Gasteiger charge is -2.17. The number of sulfone groups is 1. The molecule has 2 aromatic rings. The number of benzene rings is 2. The Labute approximate surface area is 202 Å². The molecule has 0 fully saturated rings. The molecule has 1 aliphatic rings. The summed E-state index contributed by atoms with van der Waals surface area (Å²) in [5.74, 6) is 1.50. The number of aryl methyl sites for hydroxylation is 1. The maximum Gasteiger partial charge on any atom is 0.222 e. The Kier molecular flexibility index (Phi) is 9.06. The molecular weight excluding hydrogens is 452 g/mol. The second kappa shape index (κ2) is 12.0. The molecular formula is C25H34N4O4S. The molecule has 0 aromatic heterocycles. The van der Waals surface area contributed by atoms with Crippen LogP contribution in [-0.2, 0) is 21.2 Å². The number of rotatable bonds is 12. The lowest BCUT2D eigenvalue weighted by atomic mass is 10.1. The maximum atomic E-state index is 12.6. The number of hydrogen-bond donors (Lipinski definition) is 2. The summed E-state index contributed by atoms with van der Waals surface area (Å²) in [6, 6.07) is 13.0. The van der Waals surface area contributed by atoms with E-state index >= 15 is 0 Å². The zero-order chi connectivity index (χ0) is 24.6. The van der Waals surface area contributed by atoms with Gasteiger partial charge in [0.1, 0.15) is 17.5 Å². The van der Waals surface area contributed by atoms with E-state index in [2.05, 4.69) is 15.6 Å². The highest BCUT2D eigenvalue weighted by molar-refractivity contribution is 7.91. The fourth-order valence-corrected chi connectivity index (χ4v) is 5.21. The normalized spacial score (nSPS) is 13.3. The van der Waals surface area contributed by atoms with Crippen LogP contribution in [0, 0.1) is 6.92 Å². The van der Waals surface area contributed by atoms with Crippen molar-refractivity contribution in [2.45, 2.75) is 37.6 Å². The average Bonchev–Trinajstić information content (AvgIpc) is 3.36. The quantitative estimate of drug-likeness (QED) is 0.447. The largest absolute Gasteiger partial charge is 0.497 e. The van der Waals surface area contributed by atoms with Crippen LogP contribution in [0.4, 0.5) is 0 Å². The van der Waals surface area contributed by atoms with Gasteiger partial charge >= 0.3 is 0 Å². The van der Waals surface area contributed by atoms with E-state index in [1.165, 1.54) is 0 Å². The van der Waals surface area contributed by atoms with E-state index < -0.39 is 9.84 Å². The molecule has 0 aliphatic carbocycles. The number of hydrogen-bond acceptors (Lipinski definition) is 7. The van der Waals surface area contributed by atoms with Crippen LogP contribution in [0.25, 0.3) is 0 Å². The molecule has 0 atom stereocenters. The third-order valence-electron chi connectivity index (χ3n) is 5.75. The first-order valence-corrected chi connectivity index (χ1v) is 13.1. The summed E-state index contributed by atoms with van der Waals surface area (Å²) in [6.07, 6.45) is 1.85. The smallest absolute Gasteiger partial charge is 0.222 e. The molecule has 184 valence electrons. The Morgan fingerprint density at radius 3 is 2.59 bits per heavy atom. The van der Waals surface area contributed by atoms with Crippen LogP contribution in [0.3, 0.4) is 0 Å². The Morgan fingerprint density at radius 2 is 1.94 bits per heavy atom. The fraction of sp³-hybridized carbons (Fsp3) is 0.440. The highest BCUT2D eigenvalue weighted by Crippen LogP contribution is 2.21. The van der Waals surface area contributed by atoms with Gasteiger partial charge in [-0.15, -0.1) is 0 Å². The molecule has 1 aliphatic heterocycles. The van der Waals surface area contributed by atoms with E-state index in [4.69, 9.17) is 4.74 Å². The summed E-state index contributed by atoms with van der Waals surface area (Å²) >= 11 is 0. The van der Waals surface area contributed by atoms with Gasteiger partial charge in [0.05, 0.1) is 18.6 Å². The predicted molar refractivity (Wildman–Crippen MR) is 134 cm³/mol. The van der Waals surface area contributed by atoms with E-state index in [0.717, 1.165) is 36.5 Å². The summed E-state index contributed by atoms with van der Waals surface area (Å²) in [5.41, 5.74) is 2.79. The number of ether oxygens (including phenoxy) is 1. The van der Waals surface area contributed by atoms with Crippen LogP contribution in [-0.4, -0.2) is 64.7 Å². The number of nitrogens with zero attached hydrogens (tertiary/aromatic N) is 2. The van der Waals surface area contributed by atoms with Crippen LogP contribution in [0.15, 0.2) is 52.4 Å². The minimum Gasteiger partial charge on any atom is -0.497 e. The average molecular weight is 487 g/mol. The number of nitrogens with one attached hydrogen (secondary N) is 2. The number of amidine groups is 1. The number of amides is 1. The summed E-state index contributed by atoms with van der Waals surface area (Å²) in [7, 11) is -0.0722. The molecule has 0 bridgehead atoms. The van der Waals surface area contributed by atoms with Crippen LogP contribution < -0.4 is 15.4 Å². The van der Waals surface area contributed by atoms with Gasteiger partial charge in [-0.25, -0.2) is 8.42 Å². The molecule has 1 amide bonds. The molecule has 9 heteroatoms. The molecule has 0 unspecified atom stereocenters. The Balaban J connectivity index is 1.35. The molecule has 0 spiro atoms. The molecule has 34 heavy (non-hydrogen) atoms. The molecule has 0 radical (unpaired) electrons. The van der Waals surface area contributed by atoms with Crippen molar-refractivity contribution in [3.8, 4) is 5.75 Å². The minimum atomic E-state index is -3.43. The van der Waals surface area contributed by atoms with Gasteiger partial charge in [0, 0.05) is 32.1 Å². The topological polar surface area (TPSA) is 100 Å². The van der Waals surface area contributed by atoms with Crippen LogP contribution in [0.1, 0.15) is 36.0 Å². The van der Waals surface area contributed by atoms with Crippen molar-refractivity contribution in [1.82, 2.24) is 15.5 Å². The van der Waals surface area contributed by atoms with Gasteiger partial charge in [0.15, 0.2) is 9.84 Å². The molecule has 2 N–H and O–H groups in total. The van der Waals surface area contributed by atoms with Crippen molar-refractivity contribution >= 4 is 21.6 Å². The van der Waals surface area contributed by atoms with E-state index in [1.807, 2.05) is 24.3 Å². The van der Waals surface area contributed by atoms with Gasteiger partial charge in [-0.05, 0) is 55.6 Å². The molecule has 3 rings (SSSR count). The Morgan fingerprint density at radius 1 is 1.18 bits per heavy atom. The van der Waals surface area contributed by atoms with E-state index in [1.54, 1.807) is 44.2 Å². The minimum absolute atomic E-state index is 0.0763. The summed E-state index contributed by atoms with van der Waals surface area (Å²) in [4.78, 5) is 18.9. The van der Waals surface area contributed by atoms with Gasteiger partial charge < -0.3 is 20.3 Å². The fourth-order valence-electron chi connectivity index (χ4n) is 3.82. The van der Waals surface area contributed by atoms with E-state index in [0.29, 0.717) is 42.1 Å². The lowest BCUT2D eigenvalue weighted by molar-refractivity contribution is -0.130. The molecule has 8 nitrogen and oxygen atoms in total. The van der Waals surface area contributed by atoms with Crippen molar-refractivity contribution < 1.29 is 17.9 Å². The van der Waals surface area contributed by atoms with Crippen LogP contribution in [0.5, 0.6) is 5.75 Å². The van der Waals surface area contributed by atoms with Crippen molar-refractivity contribution in [1.29, 1.82) is 0 Å². The number of methoxy groups -OCH3 is 1. The van der Waals surface area contributed by atoms with E-state index in [9.17, 15) is 13.2 Å². The number of carbonyl (C=O) groups excluding carboxylic acids is 1. The third kappa shape index (κ3) is 7.04. The summed E-state index contributed by atoms with van der Waals surface area (Å²) < 4.78 is 30.3. The molecule has 1 heterocycles. The Bertz CT molecular complexity index is 1110. The van der Waals surface area contributed by atoms with Crippen molar-refractivity contribution in [3.05, 3.63) is 59.2 Å².